The van der Waals surface area contributed by atoms with Gasteiger partial charge in [0, 0.05) is 37.4 Å². The number of anilines is 1. The largest absolute Gasteiger partial charge is 0.489 e. The molecule has 1 amide bonds. The molecule has 0 radical (unpaired) electrons. The molecule has 0 saturated carbocycles. The summed E-state index contributed by atoms with van der Waals surface area (Å²) in [5.74, 6) is 1.39. The maximum absolute atomic E-state index is 13.2. The molecule has 0 N–H and O–H groups in total. The molecule has 0 unspecified atom stereocenters. The Hall–Kier alpha value is -3.79. The van der Waals surface area contributed by atoms with Crippen molar-refractivity contribution >= 4 is 11.6 Å². The molecular formula is C25H26N4O3. The Labute approximate surface area is 187 Å². The highest BCUT2D eigenvalue weighted by Crippen LogP contribution is 2.21. The lowest BCUT2D eigenvalue weighted by Gasteiger charge is -2.24. The van der Waals surface area contributed by atoms with Crippen molar-refractivity contribution in [3.05, 3.63) is 76.7 Å². The third kappa shape index (κ3) is 4.75. The Balaban J connectivity index is 1.39. The van der Waals surface area contributed by atoms with E-state index >= 15 is 0 Å². The average molecular weight is 431 g/mol. The van der Waals surface area contributed by atoms with E-state index in [2.05, 4.69) is 16.1 Å². The zero-order chi connectivity index (χ0) is 22.5. The molecule has 2 heterocycles. The Morgan fingerprint density at radius 2 is 1.94 bits per heavy atom. The number of aromatic nitrogens is 1. The van der Waals surface area contributed by atoms with Crippen molar-refractivity contribution in [2.75, 3.05) is 31.1 Å². The topological polar surface area (TPSA) is 82.6 Å². The van der Waals surface area contributed by atoms with E-state index in [9.17, 15) is 4.79 Å². The van der Waals surface area contributed by atoms with E-state index in [1.807, 2.05) is 61.2 Å². The summed E-state index contributed by atoms with van der Waals surface area (Å²) in [7, 11) is 0. The van der Waals surface area contributed by atoms with E-state index in [1.54, 1.807) is 6.07 Å². The molecule has 1 aromatic heterocycles. The minimum Gasteiger partial charge on any atom is -0.489 e. The van der Waals surface area contributed by atoms with Crippen molar-refractivity contribution in [3.63, 3.8) is 0 Å². The number of amides is 1. The second-order valence-corrected chi connectivity index (χ2v) is 7.91. The number of benzene rings is 2. The third-order valence-electron chi connectivity index (χ3n) is 5.79. The second-order valence-electron chi connectivity index (χ2n) is 7.91. The molecule has 4 rings (SSSR count). The second kappa shape index (κ2) is 9.56. The summed E-state index contributed by atoms with van der Waals surface area (Å²) in [6, 6.07) is 17.1. The molecule has 164 valence electrons. The van der Waals surface area contributed by atoms with Crippen LogP contribution in [-0.4, -0.2) is 42.1 Å². The van der Waals surface area contributed by atoms with Crippen LogP contribution in [0.4, 0.5) is 5.69 Å². The summed E-state index contributed by atoms with van der Waals surface area (Å²) in [6.45, 7) is 7.06. The first-order valence-corrected chi connectivity index (χ1v) is 10.7. The number of ether oxygens (including phenoxy) is 1. The van der Waals surface area contributed by atoms with Gasteiger partial charge in [-0.1, -0.05) is 11.2 Å². The maximum Gasteiger partial charge on any atom is 0.254 e. The number of aryl methyl sites for hydroxylation is 2. The van der Waals surface area contributed by atoms with Crippen LogP contribution in [0.3, 0.4) is 0 Å². The van der Waals surface area contributed by atoms with Crippen LogP contribution in [0.1, 0.15) is 39.4 Å². The van der Waals surface area contributed by atoms with Crippen LogP contribution in [-0.2, 0) is 6.61 Å². The molecule has 2 aromatic carbocycles. The number of nitrogens with zero attached hydrogens (tertiary/aromatic N) is 4. The first kappa shape index (κ1) is 21.4. The summed E-state index contributed by atoms with van der Waals surface area (Å²) in [5.41, 5.74) is 4.08. The Morgan fingerprint density at radius 3 is 2.66 bits per heavy atom. The molecular weight excluding hydrogens is 404 g/mol. The van der Waals surface area contributed by atoms with Crippen LogP contribution in [0, 0.1) is 25.2 Å². The van der Waals surface area contributed by atoms with Crippen molar-refractivity contribution in [2.45, 2.75) is 26.9 Å². The standard InChI is InChI=1S/C25H26N4O3/c1-18-24(19(2)32-27-18)17-31-23-6-3-5-21(15-23)25(30)29-12-4-11-28(13-14-29)22-9-7-20(16-26)8-10-22/h3,5-10,15H,4,11-14,17H2,1-2H3. The van der Waals surface area contributed by atoms with Gasteiger partial charge in [0.05, 0.1) is 22.9 Å². The molecule has 0 atom stereocenters. The van der Waals surface area contributed by atoms with Crippen LogP contribution in [0.25, 0.3) is 0 Å². The van der Waals surface area contributed by atoms with Gasteiger partial charge in [-0.25, -0.2) is 0 Å². The van der Waals surface area contributed by atoms with Crippen molar-refractivity contribution in [1.82, 2.24) is 10.1 Å². The molecule has 7 nitrogen and oxygen atoms in total. The highest BCUT2D eigenvalue weighted by atomic mass is 16.5. The predicted molar refractivity (Wildman–Crippen MR) is 121 cm³/mol. The molecule has 1 saturated heterocycles. The van der Waals surface area contributed by atoms with E-state index in [0.29, 0.717) is 36.6 Å². The van der Waals surface area contributed by atoms with Crippen LogP contribution in [0.15, 0.2) is 53.1 Å². The number of carbonyl (C=O) groups is 1. The van der Waals surface area contributed by atoms with Crippen molar-refractivity contribution in [1.29, 1.82) is 5.26 Å². The lowest BCUT2D eigenvalue weighted by molar-refractivity contribution is 0.0766. The highest BCUT2D eigenvalue weighted by Gasteiger charge is 2.21. The Bertz CT molecular complexity index is 1110. The van der Waals surface area contributed by atoms with Crippen molar-refractivity contribution in [2.24, 2.45) is 0 Å². The fourth-order valence-corrected chi connectivity index (χ4v) is 3.89. The normalized spacial score (nSPS) is 14.0. The summed E-state index contributed by atoms with van der Waals surface area (Å²) in [6.07, 6.45) is 0.883. The van der Waals surface area contributed by atoms with Crippen LogP contribution in [0.5, 0.6) is 5.75 Å². The van der Waals surface area contributed by atoms with Crippen LogP contribution in [0.2, 0.25) is 0 Å². The number of nitriles is 1. The molecule has 7 heteroatoms. The van der Waals surface area contributed by atoms with Gasteiger partial charge in [0.1, 0.15) is 18.1 Å². The summed E-state index contributed by atoms with van der Waals surface area (Å²) < 4.78 is 11.1. The molecule has 1 aliphatic heterocycles. The van der Waals surface area contributed by atoms with E-state index in [4.69, 9.17) is 14.5 Å². The smallest absolute Gasteiger partial charge is 0.254 e. The minimum atomic E-state index is 0.00877. The first-order valence-electron chi connectivity index (χ1n) is 10.7. The monoisotopic (exact) mass is 430 g/mol. The van der Waals surface area contributed by atoms with Crippen LogP contribution >= 0.6 is 0 Å². The predicted octanol–water partition coefficient (Wildman–Crippen LogP) is 4.09. The Kier molecular flexibility index (Phi) is 6.41. The average Bonchev–Trinajstić information content (AvgIpc) is 3.01. The van der Waals surface area contributed by atoms with E-state index in [1.165, 1.54) is 0 Å². The fraction of sp³-hybridized carbons (Fsp3) is 0.320. The van der Waals surface area contributed by atoms with E-state index < -0.39 is 0 Å². The van der Waals surface area contributed by atoms with Gasteiger partial charge in [-0.3, -0.25) is 4.79 Å². The summed E-state index contributed by atoms with van der Waals surface area (Å²) >= 11 is 0. The van der Waals surface area contributed by atoms with Gasteiger partial charge in [-0.05, 0) is 62.7 Å². The number of rotatable bonds is 5. The molecule has 1 fully saturated rings. The lowest BCUT2D eigenvalue weighted by Crippen LogP contribution is -2.35. The van der Waals surface area contributed by atoms with Gasteiger partial charge in [-0.15, -0.1) is 0 Å². The Morgan fingerprint density at radius 1 is 1.12 bits per heavy atom. The van der Waals surface area contributed by atoms with Crippen molar-refractivity contribution in [3.8, 4) is 11.8 Å². The first-order chi connectivity index (χ1) is 15.5. The van der Waals surface area contributed by atoms with E-state index in [-0.39, 0.29) is 5.91 Å². The fourth-order valence-electron chi connectivity index (χ4n) is 3.89. The van der Waals surface area contributed by atoms with Crippen molar-refractivity contribution < 1.29 is 14.1 Å². The maximum atomic E-state index is 13.2. The number of hydrogen-bond acceptors (Lipinski definition) is 6. The van der Waals surface area contributed by atoms with Crippen LogP contribution < -0.4 is 9.64 Å². The molecule has 1 aliphatic rings. The highest BCUT2D eigenvalue weighted by molar-refractivity contribution is 5.94. The van der Waals surface area contributed by atoms with E-state index in [0.717, 1.165) is 42.2 Å². The quantitative estimate of drug-likeness (QED) is 0.606. The number of hydrogen-bond donors (Lipinski definition) is 0. The summed E-state index contributed by atoms with van der Waals surface area (Å²) in [4.78, 5) is 17.3. The molecule has 0 spiro atoms. The van der Waals surface area contributed by atoms with Gasteiger partial charge >= 0.3 is 0 Å². The van der Waals surface area contributed by atoms with Gasteiger partial charge in [0.15, 0.2) is 0 Å². The molecule has 32 heavy (non-hydrogen) atoms. The third-order valence-corrected chi connectivity index (χ3v) is 5.79. The van der Waals surface area contributed by atoms with Gasteiger partial charge in [0.2, 0.25) is 0 Å². The zero-order valence-electron chi connectivity index (χ0n) is 18.4. The summed E-state index contributed by atoms with van der Waals surface area (Å²) in [5, 5.41) is 12.9. The number of carbonyl (C=O) groups excluding carboxylic acids is 1. The van der Waals surface area contributed by atoms with Gasteiger partial charge in [-0.2, -0.15) is 5.26 Å². The zero-order valence-corrected chi connectivity index (χ0v) is 18.4. The van der Waals surface area contributed by atoms with Gasteiger partial charge in [0.25, 0.3) is 5.91 Å². The molecule has 3 aromatic rings. The lowest BCUT2D eigenvalue weighted by atomic mass is 10.1. The molecule has 0 bridgehead atoms. The SMILES string of the molecule is Cc1noc(C)c1COc1cccc(C(=O)N2CCCN(c3ccc(C#N)cc3)CC2)c1. The minimum absolute atomic E-state index is 0.00877. The molecule has 0 aliphatic carbocycles. The van der Waals surface area contributed by atoms with Gasteiger partial charge < -0.3 is 19.1 Å².